The number of methoxy groups -OCH3 is 3. The predicted octanol–water partition coefficient (Wildman–Crippen LogP) is 0.234. The lowest BCUT2D eigenvalue weighted by atomic mass is 10.4. The third-order valence-electron chi connectivity index (χ3n) is 2.28. The summed E-state index contributed by atoms with van der Waals surface area (Å²) in [5.74, 6) is -1.91. The van der Waals surface area contributed by atoms with Crippen LogP contribution in [0.1, 0.15) is 21.0 Å². The highest BCUT2D eigenvalue weighted by atomic mass is 16.5. The minimum atomic E-state index is -0.658. The molecule has 0 spiro atoms. The van der Waals surface area contributed by atoms with E-state index in [0.29, 0.717) is 0 Å². The molecule has 7 nitrogen and oxygen atoms in total. The zero-order valence-electron chi connectivity index (χ0n) is 10.3. The number of ether oxygens (including phenoxy) is 3. The molecule has 0 N–H and O–H groups in total. The van der Waals surface area contributed by atoms with E-state index >= 15 is 0 Å². The molecular formula is C11H13NO6. The molecule has 18 heavy (non-hydrogen) atoms. The van der Waals surface area contributed by atoms with E-state index in [1.165, 1.54) is 38.0 Å². The van der Waals surface area contributed by atoms with Crippen LogP contribution in [0.15, 0.2) is 12.1 Å². The fraction of sp³-hybridized carbons (Fsp3) is 0.364. The minimum absolute atomic E-state index is 0.0725. The van der Waals surface area contributed by atoms with Crippen molar-refractivity contribution in [2.24, 2.45) is 0 Å². The Morgan fingerprint density at radius 1 is 0.944 bits per heavy atom. The minimum Gasteiger partial charge on any atom is -0.468 e. The van der Waals surface area contributed by atoms with Crippen molar-refractivity contribution >= 4 is 17.9 Å². The maximum atomic E-state index is 11.5. The van der Waals surface area contributed by atoms with Gasteiger partial charge in [0.15, 0.2) is 0 Å². The molecule has 98 valence electrons. The maximum absolute atomic E-state index is 11.5. The molecule has 0 amide bonds. The van der Waals surface area contributed by atoms with Crippen LogP contribution in [0.4, 0.5) is 0 Å². The van der Waals surface area contributed by atoms with E-state index in [2.05, 4.69) is 14.2 Å². The first-order valence-corrected chi connectivity index (χ1v) is 4.98. The summed E-state index contributed by atoms with van der Waals surface area (Å²) in [6, 6.07) is 2.75. The predicted molar refractivity (Wildman–Crippen MR) is 59.1 cm³/mol. The first kappa shape index (κ1) is 13.8. The van der Waals surface area contributed by atoms with Crippen molar-refractivity contribution < 1.29 is 28.6 Å². The van der Waals surface area contributed by atoms with Crippen molar-refractivity contribution in [2.45, 2.75) is 6.54 Å². The van der Waals surface area contributed by atoms with Crippen molar-refractivity contribution in [1.29, 1.82) is 0 Å². The average molecular weight is 255 g/mol. The molecule has 0 bridgehead atoms. The molecule has 0 unspecified atom stereocenters. The molecule has 0 aromatic carbocycles. The topological polar surface area (TPSA) is 83.8 Å². The van der Waals surface area contributed by atoms with Crippen molar-refractivity contribution in [2.75, 3.05) is 21.3 Å². The van der Waals surface area contributed by atoms with Crippen molar-refractivity contribution in [3.05, 3.63) is 23.5 Å². The quantitative estimate of drug-likeness (QED) is 0.566. The van der Waals surface area contributed by atoms with Crippen LogP contribution in [-0.4, -0.2) is 43.8 Å². The van der Waals surface area contributed by atoms with Crippen LogP contribution in [0.5, 0.6) is 0 Å². The number of rotatable bonds is 4. The molecule has 0 saturated heterocycles. The van der Waals surface area contributed by atoms with Crippen LogP contribution in [0.3, 0.4) is 0 Å². The van der Waals surface area contributed by atoms with E-state index in [9.17, 15) is 14.4 Å². The highest BCUT2D eigenvalue weighted by Gasteiger charge is 2.22. The molecule has 0 saturated carbocycles. The van der Waals surface area contributed by atoms with Gasteiger partial charge >= 0.3 is 17.9 Å². The number of carbonyl (C=O) groups excluding carboxylic acids is 3. The highest BCUT2D eigenvalue weighted by Crippen LogP contribution is 2.12. The number of hydrogen-bond acceptors (Lipinski definition) is 6. The fourth-order valence-corrected chi connectivity index (χ4v) is 1.40. The molecule has 0 radical (unpaired) electrons. The van der Waals surface area contributed by atoms with Crippen molar-refractivity contribution in [1.82, 2.24) is 4.57 Å². The Morgan fingerprint density at radius 3 is 1.72 bits per heavy atom. The molecule has 7 heteroatoms. The number of hydrogen-bond donors (Lipinski definition) is 0. The lowest BCUT2D eigenvalue weighted by Crippen LogP contribution is -2.21. The Hall–Kier alpha value is -2.31. The molecule has 0 fully saturated rings. The van der Waals surface area contributed by atoms with Gasteiger partial charge < -0.3 is 18.8 Å². The van der Waals surface area contributed by atoms with Gasteiger partial charge in [0.05, 0.1) is 21.3 Å². The summed E-state index contributed by atoms with van der Waals surface area (Å²) in [7, 11) is 3.62. The summed E-state index contributed by atoms with van der Waals surface area (Å²) < 4.78 is 14.8. The highest BCUT2D eigenvalue weighted by molar-refractivity contribution is 5.94. The monoisotopic (exact) mass is 255 g/mol. The third-order valence-corrected chi connectivity index (χ3v) is 2.28. The number of esters is 3. The molecule has 0 aliphatic heterocycles. The number of nitrogens with zero attached hydrogens (tertiary/aromatic N) is 1. The van der Waals surface area contributed by atoms with Crippen LogP contribution in [0, 0.1) is 0 Å². The SMILES string of the molecule is COC(=O)Cn1c(C(=O)OC)ccc1C(=O)OC. The van der Waals surface area contributed by atoms with Crippen molar-refractivity contribution in [3.8, 4) is 0 Å². The Morgan fingerprint density at radius 2 is 1.39 bits per heavy atom. The van der Waals surface area contributed by atoms with Gasteiger partial charge in [-0.3, -0.25) is 4.79 Å². The van der Waals surface area contributed by atoms with Crippen LogP contribution in [0.25, 0.3) is 0 Å². The first-order valence-electron chi connectivity index (χ1n) is 4.98. The van der Waals surface area contributed by atoms with Gasteiger partial charge in [-0.05, 0) is 12.1 Å². The maximum Gasteiger partial charge on any atom is 0.354 e. The van der Waals surface area contributed by atoms with Gasteiger partial charge in [-0.25, -0.2) is 9.59 Å². The molecule has 1 rings (SSSR count). The lowest BCUT2D eigenvalue weighted by molar-refractivity contribution is -0.141. The Balaban J connectivity index is 3.20. The summed E-state index contributed by atoms with van der Waals surface area (Å²) in [5.41, 5.74) is 0.145. The van der Waals surface area contributed by atoms with Crippen LogP contribution in [-0.2, 0) is 25.5 Å². The van der Waals surface area contributed by atoms with E-state index in [1.54, 1.807) is 0 Å². The number of aromatic nitrogens is 1. The Labute approximate surface area is 103 Å². The normalized spacial score (nSPS) is 9.72. The smallest absolute Gasteiger partial charge is 0.354 e. The molecule has 1 heterocycles. The average Bonchev–Trinajstić information content (AvgIpc) is 2.80. The van der Waals surface area contributed by atoms with E-state index in [-0.39, 0.29) is 17.9 Å². The molecule has 1 aromatic rings. The summed E-state index contributed by atoms with van der Waals surface area (Å²) in [4.78, 5) is 34.2. The van der Waals surface area contributed by atoms with Crippen LogP contribution >= 0.6 is 0 Å². The zero-order valence-corrected chi connectivity index (χ0v) is 10.3. The van der Waals surface area contributed by atoms with Gasteiger partial charge in [0, 0.05) is 0 Å². The second-order valence-electron chi connectivity index (χ2n) is 3.25. The Kier molecular flexibility index (Phi) is 4.47. The van der Waals surface area contributed by atoms with E-state index < -0.39 is 17.9 Å². The Bertz CT molecular complexity index is 442. The summed E-state index contributed by atoms with van der Waals surface area (Å²) >= 11 is 0. The summed E-state index contributed by atoms with van der Waals surface area (Å²) in [6.07, 6.45) is 0. The third kappa shape index (κ3) is 2.68. The van der Waals surface area contributed by atoms with Crippen molar-refractivity contribution in [3.63, 3.8) is 0 Å². The molecule has 0 aliphatic carbocycles. The largest absolute Gasteiger partial charge is 0.468 e. The van der Waals surface area contributed by atoms with Gasteiger partial charge in [0.2, 0.25) is 0 Å². The van der Waals surface area contributed by atoms with Gasteiger partial charge in [0.25, 0.3) is 0 Å². The molecular weight excluding hydrogens is 242 g/mol. The van der Waals surface area contributed by atoms with Crippen LogP contribution in [0.2, 0.25) is 0 Å². The second kappa shape index (κ2) is 5.85. The van der Waals surface area contributed by atoms with Gasteiger partial charge in [-0.15, -0.1) is 0 Å². The van der Waals surface area contributed by atoms with Gasteiger partial charge in [-0.2, -0.15) is 0 Å². The first-order chi connectivity index (χ1) is 8.54. The van der Waals surface area contributed by atoms with Gasteiger partial charge in [-0.1, -0.05) is 0 Å². The fourth-order valence-electron chi connectivity index (χ4n) is 1.40. The number of carbonyl (C=O) groups is 3. The molecule has 1 aromatic heterocycles. The lowest BCUT2D eigenvalue weighted by Gasteiger charge is -2.09. The van der Waals surface area contributed by atoms with E-state index in [1.807, 2.05) is 0 Å². The molecule has 0 aliphatic rings. The standard InChI is InChI=1S/C11H13NO6/c1-16-9(13)6-12-7(10(14)17-2)4-5-8(12)11(15)18-3/h4-5H,6H2,1-3H3. The van der Waals surface area contributed by atoms with Gasteiger partial charge in [0.1, 0.15) is 17.9 Å². The van der Waals surface area contributed by atoms with E-state index in [0.717, 1.165) is 0 Å². The second-order valence-corrected chi connectivity index (χ2v) is 3.25. The van der Waals surface area contributed by atoms with E-state index in [4.69, 9.17) is 0 Å². The molecule has 0 atom stereocenters. The zero-order chi connectivity index (χ0) is 13.7. The van der Waals surface area contributed by atoms with Crippen LogP contribution < -0.4 is 0 Å². The summed E-state index contributed by atoms with van der Waals surface area (Å²) in [6.45, 7) is -0.279. The summed E-state index contributed by atoms with van der Waals surface area (Å²) in [5, 5.41) is 0.